The van der Waals surface area contributed by atoms with Crippen molar-refractivity contribution >= 4 is 5.97 Å². The minimum atomic E-state index is -0.691. The van der Waals surface area contributed by atoms with Gasteiger partial charge in [-0.15, -0.1) is 0 Å². The van der Waals surface area contributed by atoms with Gasteiger partial charge in [0, 0.05) is 25.4 Å². The van der Waals surface area contributed by atoms with Crippen molar-refractivity contribution in [2.24, 2.45) is 11.8 Å². The monoisotopic (exact) mass is 241 g/mol. The molecule has 2 heterocycles. The lowest BCUT2D eigenvalue weighted by molar-refractivity contribution is -0.195. The summed E-state index contributed by atoms with van der Waals surface area (Å²) in [6.07, 6.45) is 3.55. The minimum absolute atomic E-state index is 0.257. The third kappa shape index (κ3) is 2.07. The zero-order valence-corrected chi connectivity index (χ0v) is 9.85. The van der Waals surface area contributed by atoms with Gasteiger partial charge in [0.15, 0.2) is 5.79 Å². The molecule has 0 aromatic carbocycles. The van der Waals surface area contributed by atoms with E-state index in [9.17, 15) is 4.79 Å². The Morgan fingerprint density at radius 3 is 2.82 bits per heavy atom. The zero-order valence-electron chi connectivity index (χ0n) is 9.85. The highest BCUT2D eigenvalue weighted by atomic mass is 16.7. The molecule has 96 valence electrons. The van der Waals surface area contributed by atoms with Crippen LogP contribution < -0.4 is 5.32 Å². The lowest BCUT2D eigenvalue weighted by Crippen LogP contribution is -2.54. The number of ether oxygens (including phenoxy) is 2. The largest absolute Gasteiger partial charge is 0.481 e. The normalized spacial score (nSPS) is 40.1. The van der Waals surface area contributed by atoms with Crippen molar-refractivity contribution < 1.29 is 19.4 Å². The molecule has 3 fully saturated rings. The average molecular weight is 241 g/mol. The topological polar surface area (TPSA) is 67.8 Å². The number of carbonyl (C=O) groups is 1. The molecule has 2 N–H and O–H groups in total. The summed E-state index contributed by atoms with van der Waals surface area (Å²) in [6.45, 7) is 1.95. The van der Waals surface area contributed by atoms with Gasteiger partial charge in [0.2, 0.25) is 0 Å². The molecule has 0 aromatic heterocycles. The van der Waals surface area contributed by atoms with Crippen molar-refractivity contribution in [2.45, 2.75) is 37.5 Å². The van der Waals surface area contributed by atoms with Crippen LogP contribution in [0.25, 0.3) is 0 Å². The second-order valence-electron chi connectivity index (χ2n) is 5.40. The lowest BCUT2D eigenvalue weighted by Gasteiger charge is -2.45. The molecular weight excluding hydrogens is 222 g/mol. The van der Waals surface area contributed by atoms with Gasteiger partial charge in [-0.1, -0.05) is 0 Å². The van der Waals surface area contributed by atoms with Crippen LogP contribution in [0.4, 0.5) is 0 Å². The quantitative estimate of drug-likeness (QED) is 0.703. The number of fused-ring (bicyclic) bond motifs is 1. The summed E-state index contributed by atoms with van der Waals surface area (Å²) in [7, 11) is 0. The van der Waals surface area contributed by atoms with Crippen molar-refractivity contribution in [3.8, 4) is 0 Å². The van der Waals surface area contributed by atoms with Crippen LogP contribution >= 0.6 is 0 Å². The van der Waals surface area contributed by atoms with E-state index in [0.29, 0.717) is 31.7 Å². The molecular formula is C12H19NO4. The number of carboxylic acid groups (broad SMARTS) is 1. The highest BCUT2D eigenvalue weighted by Crippen LogP contribution is 2.42. The Kier molecular flexibility index (Phi) is 2.84. The Morgan fingerprint density at radius 2 is 2.12 bits per heavy atom. The van der Waals surface area contributed by atoms with Gasteiger partial charge in [-0.2, -0.15) is 0 Å². The van der Waals surface area contributed by atoms with Gasteiger partial charge in [-0.05, 0) is 18.8 Å². The van der Waals surface area contributed by atoms with Gasteiger partial charge in [-0.25, -0.2) is 0 Å². The second-order valence-corrected chi connectivity index (χ2v) is 5.40. The van der Waals surface area contributed by atoms with E-state index in [0.717, 1.165) is 25.7 Å². The number of piperidine rings is 1. The van der Waals surface area contributed by atoms with E-state index < -0.39 is 11.8 Å². The number of hydrogen-bond acceptors (Lipinski definition) is 4. The number of carboxylic acids is 1. The summed E-state index contributed by atoms with van der Waals surface area (Å²) in [5, 5.41) is 12.4. The highest BCUT2D eigenvalue weighted by molar-refractivity contribution is 5.70. The first-order valence-corrected chi connectivity index (χ1v) is 6.43. The Balaban J connectivity index is 1.68. The molecule has 5 nitrogen and oxygen atoms in total. The Bertz CT molecular complexity index is 314. The van der Waals surface area contributed by atoms with E-state index in [2.05, 4.69) is 5.32 Å². The van der Waals surface area contributed by atoms with Gasteiger partial charge in [0.25, 0.3) is 0 Å². The first-order valence-electron chi connectivity index (χ1n) is 6.43. The van der Waals surface area contributed by atoms with Crippen LogP contribution in [0, 0.1) is 11.8 Å². The highest BCUT2D eigenvalue weighted by Gasteiger charge is 2.47. The third-order valence-corrected chi connectivity index (χ3v) is 4.35. The molecule has 3 rings (SSSR count). The van der Waals surface area contributed by atoms with Gasteiger partial charge >= 0.3 is 5.97 Å². The van der Waals surface area contributed by atoms with E-state index in [1.807, 2.05) is 0 Å². The van der Waals surface area contributed by atoms with Crippen molar-refractivity contribution in [3.63, 3.8) is 0 Å². The maximum Gasteiger partial charge on any atom is 0.307 e. The summed E-state index contributed by atoms with van der Waals surface area (Å²) in [5.41, 5.74) is 0. The predicted molar refractivity (Wildman–Crippen MR) is 59.5 cm³/mol. The molecule has 1 saturated carbocycles. The Labute approximate surface area is 100 Å². The minimum Gasteiger partial charge on any atom is -0.481 e. The van der Waals surface area contributed by atoms with Crippen LogP contribution in [0.15, 0.2) is 0 Å². The van der Waals surface area contributed by atoms with E-state index in [-0.39, 0.29) is 5.92 Å². The molecule has 5 heteroatoms. The molecule has 2 saturated heterocycles. The maximum absolute atomic E-state index is 11.0. The molecule has 2 aliphatic heterocycles. The van der Waals surface area contributed by atoms with Crippen molar-refractivity contribution in [3.05, 3.63) is 0 Å². The lowest BCUT2D eigenvalue weighted by atomic mass is 9.73. The van der Waals surface area contributed by atoms with Crippen molar-refractivity contribution in [2.75, 3.05) is 19.8 Å². The molecule has 3 aliphatic rings. The van der Waals surface area contributed by atoms with Crippen molar-refractivity contribution in [1.82, 2.24) is 5.32 Å². The third-order valence-electron chi connectivity index (χ3n) is 4.35. The molecule has 1 spiro atoms. The molecule has 0 amide bonds. The standard InChI is InChI=1S/C12H19NO4/c14-11(15)9-5-8-6-12(16-3-4-17-12)2-1-10(8)13-7-9/h8-10,13H,1-7H2,(H,14,15)/t8-,9-,10-/m1/s1. The average Bonchev–Trinajstić information content (AvgIpc) is 2.76. The van der Waals surface area contributed by atoms with Crippen LogP contribution in [0.5, 0.6) is 0 Å². The van der Waals surface area contributed by atoms with E-state index in [1.165, 1.54) is 0 Å². The predicted octanol–water partition coefficient (Wildman–Crippen LogP) is 0.592. The van der Waals surface area contributed by atoms with Crippen LogP contribution in [0.1, 0.15) is 25.7 Å². The summed E-state index contributed by atoms with van der Waals surface area (Å²) >= 11 is 0. The fraction of sp³-hybridized carbons (Fsp3) is 0.917. The van der Waals surface area contributed by atoms with Crippen LogP contribution in [0.2, 0.25) is 0 Å². The number of rotatable bonds is 1. The number of hydrogen-bond donors (Lipinski definition) is 2. The van der Waals surface area contributed by atoms with Crippen LogP contribution in [-0.2, 0) is 14.3 Å². The smallest absolute Gasteiger partial charge is 0.307 e. The summed E-state index contributed by atoms with van der Waals surface area (Å²) in [4.78, 5) is 11.0. The van der Waals surface area contributed by atoms with E-state index in [1.54, 1.807) is 0 Å². The van der Waals surface area contributed by atoms with Gasteiger partial charge in [0.1, 0.15) is 0 Å². The van der Waals surface area contributed by atoms with E-state index in [4.69, 9.17) is 14.6 Å². The zero-order chi connectivity index (χ0) is 11.9. The molecule has 3 atom stereocenters. The fourth-order valence-electron chi connectivity index (χ4n) is 3.46. The van der Waals surface area contributed by atoms with E-state index >= 15 is 0 Å². The molecule has 17 heavy (non-hydrogen) atoms. The number of nitrogens with one attached hydrogen (secondary N) is 1. The first-order chi connectivity index (χ1) is 8.19. The summed E-state index contributed by atoms with van der Waals surface area (Å²) in [6, 6.07) is 0.448. The molecule has 0 bridgehead atoms. The van der Waals surface area contributed by atoms with Gasteiger partial charge in [0.05, 0.1) is 19.1 Å². The van der Waals surface area contributed by atoms with Gasteiger partial charge < -0.3 is 19.9 Å². The fourth-order valence-corrected chi connectivity index (χ4v) is 3.46. The molecule has 0 aromatic rings. The summed E-state index contributed by atoms with van der Waals surface area (Å²) < 4.78 is 11.5. The Hall–Kier alpha value is -0.650. The number of aliphatic carboxylic acids is 1. The molecule has 0 radical (unpaired) electrons. The molecule has 0 unspecified atom stereocenters. The SMILES string of the molecule is O=C(O)[C@H]1CN[C@@H]2CCC3(C[C@H]2C1)OCCO3. The van der Waals surface area contributed by atoms with Crippen molar-refractivity contribution in [1.29, 1.82) is 0 Å². The second kappa shape index (κ2) is 4.23. The Morgan fingerprint density at radius 1 is 1.35 bits per heavy atom. The maximum atomic E-state index is 11.0. The van der Waals surface area contributed by atoms with Gasteiger partial charge in [-0.3, -0.25) is 4.79 Å². The molecule has 1 aliphatic carbocycles. The van der Waals surface area contributed by atoms with Crippen LogP contribution in [0.3, 0.4) is 0 Å². The first kappa shape index (κ1) is 11.4. The summed E-state index contributed by atoms with van der Waals surface area (Å²) in [5.74, 6) is -0.975. The van der Waals surface area contributed by atoms with Crippen LogP contribution in [-0.4, -0.2) is 42.7 Å².